The molecule has 1 aliphatic rings. The SMILES string of the molecule is COc1cc(Nc2cc(-n3c(C)cc4c3CC(C)(C)C/C4=N\O)ccc2C(N)=O)cc(OC)c1OC. The van der Waals surface area contributed by atoms with E-state index in [1.54, 1.807) is 32.4 Å². The smallest absolute Gasteiger partial charge is 0.250 e. The number of primary amides is 1. The van der Waals surface area contributed by atoms with E-state index in [9.17, 15) is 10.0 Å². The quantitative estimate of drug-likeness (QED) is 0.322. The second-order valence-corrected chi connectivity index (χ2v) is 9.68. The van der Waals surface area contributed by atoms with E-state index in [0.717, 1.165) is 29.1 Å². The number of rotatable bonds is 7. The number of amides is 1. The molecule has 9 heteroatoms. The number of ether oxygens (including phenoxy) is 3. The van der Waals surface area contributed by atoms with E-state index in [0.29, 0.717) is 46.3 Å². The first-order valence-electron chi connectivity index (χ1n) is 11.6. The van der Waals surface area contributed by atoms with E-state index in [4.69, 9.17) is 19.9 Å². The van der Waals surface area contributed by atoms with Gasteiger partial charge in [0.1, 0.15) is 0 Å². The molecular weight excluding hydrogens is 460 g/mol. The summed E-state index contributed by atoms with van der Waals surface area (Å²) in [6.07, 6.45) is 1.50. The predicted octanol–water partition coefficient (Wildman–Crippen LogP) is 4.80. The Labute approximate surface area is 210 Å². The highest BCUT2D eigenvalue weighted by Gasteiger charge is 2.33. The van der Waals surface area contributed by atoms with E-state index in [1.807, 2.05) is 25.1 Å². The second kappa shape index (κ2) is 9.49. The molecule has 36 heavy (non-hydrogen) atoms. The number of carbonyl (C=O) groups is 1. The van der Waals surface area contributed by atoms with Crippen LogP contribution in [0.3, 0.4) is 0 Å². The minimum atomic E-state index is -0.557. The largest absolute Gasteiger partial charge is 0.493 e. The lowest BCUT2D eigenvalue weighted by atomic mass is 9.76. The Balaban J connectivity index is 1.84. The standard InChI is InChI=1S/C27H32N4O5/c1-15-9-19-21(30-33)13-27(2,3)14-22(19)31(15)17-7-8-18(26(28)32)20(12-17)29-16-10-23(34-4)25(36-6)24(11-16)35-5/h7-12,29,33H,13-14H2,1-6H3,(H2,28,32)/b30-21+. The van der Waals surface area contributed by atoms with Crippen LogP contribution in [0.5, 0.6) is 17.2 Å². The normalized spacial score (nSPS) is 15.3. The first kappa shape index (κ1) is 25.0. The minimum absolute atomic E-state index is 0.0679. The van der Waals surface area contributed by atoms with Gasteiger partial charge in [-0.2, -0.15) is 0 Å². The Kier molecular flexibility index (Phi) is 6.58. The molecule has 0 fully saturated rings. The number of nitrogens with two attached hydrogens (primary N) is 1. The lowest BCUT2D eigenvalue weighted by Gasteiger charge is -2.31. The van der Waals surface area contributed by atoms with E-state index < -0.39 is 5.91 Å². The maximum absolute atomic E-state index is 12.3. The maximum atomic E-state index is 12.3. The van der Waals surface area contributed by atoms with Crippen LogP contribution in [0.15, 0.2) is 41.6 Å². The van der Waals surface area contributed by atoms with Gasteiger partial charge in [0.15, 0.2) is 11.5 Å². The molecule has 3 aromatic rings. The van der Waals surface area contributed by atoms with Gasteiger partial charge in [0.2, 0.25) is 5.75 Å². The number of aromatic nitrogens is 1. The molecule has 1 amide bonds. The molecule has 0 unspecified atom stereocenters. The first-order valence-corrected chi connectivity index (χ1v) is 11.6. The summed E-state index contributed by atoms with van der Waals surface area (Å²) in [7, 11) is 4.62. The molecule has 1 aromatic heterocycles. The number of nitrogens with zero attached hydrogens (tertiary/aromatic N) is 2. The summed E-state index contributed by atoms with van der Waals surface area (Å²) in [6, 6.07) is 11.0. The third-order valence-electron chi connectivity index (χ3n) is 6.48. The monoisotopic (exact) mass is 492 g/mol. The number of oxime groups is 1. The maximum Gasteiger partial charge on any atom is 0.250 e. The fourth-order valence-electron chi connectivity index (χ4n) is 4.93. The number of hydrogen-bond acceptors (Lipinski definition) is 7. The molecule has 4 N–H and O–H groups in total. The van der Waals surface area contributed by atoms with Gasteiger partial charge in [-0.15, -0.1) is 0 Å². The molecule has 1 heterocycles. The molecule has 190 valence electrons. The molecule has 0 atom stereocenters. The highest BCUT2D eigenvalue weighted by Crippen LogP contribution is 2.42. The molecule has 4 rings (SSSR count). The van der Waals surface area contributed by atoms with Gasteiger partial charge < -0.3 is 35.0 Å². The Bertz CT molecular complexity index is 1330. The van der Waals surface area contributed by atoms with Crippen molar-refractivity contribution in [2.75, 3.05) is 26.6 Å². The lowest BCUT2D eigenvalue weighted by molar-refractivity contribution is 0.100. The predicted molar refractivity (Wildman–Crippen MR) is 139 cm³/mol. The Morgan fingerprint density at radius 1 is 1.06 bits per heavy atom. The molecule has 1 aliphatic carbocycles. The van der Waals surface area contributed by atoms with Crippen molar-refractivity contribution in [3.8, 4) is 22.9 Å². The number of aryl methyl sites for hydroxylation is 1. The number of fused-ring (bicyclic) bond motifs is 1. The molecule has 0 bridgehead atoms. The first-order chi connectivity index (χ1) is 17.1. The number of benzene rings is 2. The van der Waals surface area contributed by atoms with Crippen LogP contribution < -0.4 is 25.3 Å². The third-order valence-corrected chi connectivity index (χ3v) is 6.48. The Morgan fingerprint density at radius 3 is 2.28 bits per heavy atom. The molecule has 0 radical (unpaired) electrons. The summed E-state index contributed by atoms with van der Waals surface area (Å²) >= 11 is 0. The average Bonchev–Trinajstić information content (AvgIpc) is 3.16. The van der Waals surface area contributed by atoms with E-state index in [2.05, 4.69) is 28.9 Å². The number of methoxy groups -OCH3 is 3. The minimum Gasteiger partial charge on any atom is -0.493 e. The fraction of sp³-hybridized carbons (Fsp3) is 0.333. The van der Waals surface area contributed by atoms with Gasteiger partial charge in [-0.25, -0.2) is 0 Å². The van der Waals surface area contributed by atoms with Gasteiger partial charge in [-0.05, 0) is 49.4 Å². The van der Waals surface area contributed by atoms with Crippen LogP contribution >= 0.6 is 0 Å². The molecule has 0 saturated heterocycles. The topological polar surface area (TPSA) is 120 Å². The molecule has 0 aliphatic heterocycles. The van der Waals surface area contributed by atoms with Crippen LogP contribution in [-0.4, -0.2) is 42.7 Å². The van der Waals surface area contributed by atoms with Crippen LogP contribution in [0.1, 0.15) is 47.6 Å². The van der Waals surface area contributed by atoms with Crippen molar-refractivity contribution in [2.45, 2.75) is 33.6 Å². The number of nitrogens with one attached hydrogen (secondary N) is 1. The number of anilines is 2. The average molecular weight is 493 g/mol. The summed E-state index contributed by atoms with van der Waals surface area (Å²) in [5, 5.41) is 16.5. The number of hydrogen-bond donors (Lipinski definition) is 3. The van der Waals surface area contributed by atoms with Gasteiger partial charge in [0, 0.05) is 40.5 Å². The zero-order valence-electron chi connectivity index (χ0n) is 21.4. The van der Waals surface area contributed by atoms with Crippen molar-refractivity contribution in [3.05, 3.63) is 58.9 Å². The second-order valence-electron chi connectivity index (χ2n) is 9.68. The zero-order chi connectivity index (χ0) is 26.2. The van der Waals surface area contributed by atoms with Crippen molar-refractivity contribution in [2.24, 2.45) is 16.3 Å². The van der Waals surface area contributed by atoms with Crippen LogP contribution in [0, 0.1) is 12.3 Å². The molecule has 0 spiro atoms. The summed E-state index contributed by atoms with van der Waals surface area (Å²) in [5.74, 6) is 0.862. The van der Waals surface area contributed by atoms with Crippen LogP contribution in [0.4, 0.5) is 11.4 Å². The van der Waals surface area contributed by atoms with E-state index >= 15 is 0 Å². The summed E-state index contributed by atoms with van der Waals surface area (Å²) in [4.78, 5) is 12.3. The van der Waals surface area contributed by atoms with Gasteiger partial charge in [-0.1, -0.05) is 19.0 Å². The van der Waals surface area contributed by atoms with E-state index in [1.165, 1.54) is 7.11 Å². The van der Waals surface area contributed by atoms with Crippen molar-refractivity contribution >= 4 is 23.0 Å². The molecule has 0 saturated carbocycles. The van der Waals surface area contributed by atoms with E-state index in [-0.39, 0.29) is 5.41 Å². The Hall–Kier alpha value is -4.14. The number of carbonyl (C=O) groups excluding carboxylic acids is 1. The molecular formula is C27H32N4O5. The molecule has 2 aromatic carbocycles. The summed E-state index contributed by atoms with van der Waals surface area (Å²) in [6.45, 7) is 6.32. The fourth-order valence-corrected chi connectivity index (χ4v) is 4.93. The van der Waals surface area contributed by atoms with Crippen molar-refractivity contribution < 1.29 is 24.2 Å². The third kappa shape index (κ3) is 4.44. The van der Waals surface area contributed by atoms with Crippen LogP contribution in [0.2, 0.25) is 0 Å². The van der Waals surface area contributed by atoms with Crippen molar-refractivity contribution in [1.29, 1.82) is 0 Å². The Morgan fingerprint density at radius 2 is 1.72 bits per heavy atom. The zero-order valence-corrected chi connectivity index (χ0v) is 21.4. The van der Waals surface area contributed by atoms with Gasteiger partial charge in [0.25, 0.3) is 5.91 Å². The lowest BCUT2D eigenvalue weighted by Crippen LogP contribution is -2.28. The molecule has 9 nitrogen and oxygen atoms in total. The summed E-state index contributed by atoms with van der Waals surface area (Å²) in [5.41, 5.74) is 11.6. The highest BCUT2D eigenvalue weighted by molar-refractivity contribution is 6.03. The van der Waals surface area contributed by atoms with Crippen molar-refractivity contribution in [1.82, 2.24) is 4.57 Å². The highest BCUT2D eigenvalue weighted by atomic mass is 16.5. The van der Waals surface area contributed by atoms with Crippen LogP contribution in [0.25, 0.3) is 5.69 Å². The van der Waals surface area contributed by atoms with Gasteiger partial charge >= 0.3 is 0 Å². The summed E-state index contributed by atoms with van der Waals surface area (Å²) < 4.78 is 18.5. The van der Waals surface area contributed by atoms with Crippen molar-refractivity contribution in [3.63, 3.8) is 0 Å². The van der Waals surface area contributed by atoms with Crippen LogP contribution in [-0.2, 0) is 6.42 Å². The van der Waals surface area contributed by atoms with Gasteiger partial charge in [0.05, 0.1) is 38.3 Å². The van der Waals surface area contributed by atoms with Gasteiger partial charge in [-0.3, -0.25) is 4.79 Å².